The molecule has 2 aromatic heterocycles. The molecule has 2 heterocycles. The number of hydrogen-bond donors (Lipinski definition) is 2. The molecule has 0 fully saturated rings. The van der Waals surface area contributed by atoms with E-state index < -0.39 is 0 Å². The molecule has 3 aromatic rings. The lowest BCUT2D eigenvalue weighted by atomic mass is 10.1. The SMILES string of the molecule is CCNC(=NCCc1noc(-c2ccccn2)n1)NC(C)c1ccc(C)c(F)c1.I. The number of pyridine rings is 1. The minimum absolute atomic E-state index is 0. The molecule has 0 saturated carbocycles. The molecule has 0 aliphatic rings. The van der Waals surface area contributed by atoms with Crippen molar-refractivity contribution in [3.8, 4) is 11.6 Å². The first-order valence-electron chi connectivity index (χ1n) is 9.61. The summed E-state index contributed by atoms with van der Waals surface area (Å²) in [6.45, 7) is 6.90. The van der Waals surface area contributed by atoms with Crippen LogP contribution in [0.5, 0.6) is 0 Å². The summed E-state index contributed by atoms with van der Waals surface area (Å²) in [6.07, 6.45) is 2.21. The highest BCUT2D eigenvalue weighted by molar-refractivity contribution is 14.0. The molecule has 2 N–H and O–H groups in total. The first kappa shape index (κ1) is 23.7. The van der Waals surface area contributed by atoms with Crippen molar-refractivity contribution in [2.45, 2.75) is 33.2 Å². The second kappa shape index (κ2) is 11.6. The van der Waals surface area contributed by atoms with E-state index in [1.807, 2.05) is 38.1 Å². The number of hydrogen-bond acceptors (Lipinski definition) is 5. The van der Waals surface area contributed by atoms with E-state index in [-0.39, 0.29) is 35.8 Å². The molecule has 0 saturated heterocycles. The van der Waals surface area contributed by atoms with Crippen LogP contribution in [0.15, 0.2) is 52.1 Å². The molecule has 0 radical (unpaired) electrons. The van der Waals surface area contributed by atoms with Gasteiger partial charge in [-0.15, -0.1) is 24.0 Å². The molecule has 3 rings (SSSR count). The predicted octanol–water partition coefficient (Wildman–Crippen LogP) is 4.06. The summed E-state index contributed by atoms with van der Waals surface area (Å²) < 4.78 is 19.1. The Kier molecular flexibility index (Phi) is 9.15. The third kappa shape index (κ3) is 6.48. The average Bonchev–Trinajstić information content (AvgIpc) is 3.20. The maximum absolute atomic E-state index is 13.8. The fourth-order valence-electron chi connectivity index (χ4n) is 2.70. The molecule has 30 heavy (non-hydrogen) atoms. The fourth-order valence-corrected chi connectivity index (χ4v) is 2.70. The number of aliphatic imine (C=N–C) groups is 1. The van der Waals surface area contributed by atoms with Gasteiger partial charge in [0.1, 0.15) is 11.5 Å². The fraction of sp³-hybridized carbons (Fsp3) is 0.333. The summed E-state index contributed by atoms with van der Waals surface area (Å²) in [5, 5.41) is 10.5. The van der Waals surface area contributed by atoms with Gasteiger partial charge >= 0.3 is 0 Å². The topological polar surface area (TPSA) is 88.2 Å². The van der Waals surface area contributed by atoms with Gasteiger partial charge in [-0.3, -0.25) is 9.98 Å². The predicted molar refractivity (Wildman–Crippen MR) is 125 cm³/mol. The number of halogens is 2. The first-order valence-corrected chi connectivity index (χ1v) is 9.61. The normalized spacial score (nSPS) is 12.2. The molecule has 0 aliphatic carbocycles. The second-order valence-corrected chi connectivity index (χ2v) is 6.62. The quantitative estimate of drug-likeness (QED) is 0.276. The maximum Gasteiger partial charge on any atom is 0.276 e. The largest absolute Gasteiger partial charge is 0.357 e. The lowest BCUT2D eigenvalue weighted by Crippen LogP contribution is -2.39. The molecule has 1 aromatic carbocycles. The molecule has 0 amide bonds. The zero-order valence-electron chi connectivity index (χ0n) is 17.2. The summed E-state index contributed by atoms with van der Waals surface area (Å²) >= 11 is 0. The number of aromatic nitrogens is 3. The van der Waals surface area contributed by atoms with E-state index in [1.54, 1.807) is 25.3 Å². The Balaban J connectivity index is 0.00000320. The van der Waals surface area contributed by atoms with Crippen LogP contribution >= 0.6 is 24.0 Å². The van der Waals surface area contributed by atoms with Gasteiger partial charge in [-0.05, 0) is 50.1 Å². The van der Waals surface area contributed by atoms with Gasteiger partial charge in [0.25, 0.3) is 5.89 Å². The zero-order valence-corrected chi connectivity index (χ0v) is 19.6. The molecule has 1 atom stereocenters. The van der Waals surface area contributed by atoms with Crippen molar-refractivity contribution in [2.75, 3.05) is 13.1 Å². The van der Waals surface area contributed by atoms with Gasteiger partial charge in [0.05, 0.1) is 6.04 Å². The standard InChI is InChI=1S/C21H25FN6O.HI/c1-4-23-21(26-15(3)16-9-8-14(2)17(22)13-16)25-12-10-19-27-20(29-28-19)18-7-5-6-11-24-18;/h5-9,11,13,15H,4,10,12H2,1-3H3,(H2,23,25,26);1H. The Bertz CT molecular complexity index is 963. The Hall–Kier alpha value is -2.56. The summed E-state index contributed by atoms with van der Waals surface area (Å²) in [4.78, 5) is 13.1. The number of benzene rings is 1. The number of guanidine groups is 1. The van der Waals surface area contributed by atoms with E-state index in [9.17, 15) is 4.39 Å². The van der Waals surface area contributed by atoms with Crippen molar-refractivity contribution in [1.29, 1.82) is 0 Å². The average molecular weight is 524 g/mol. The third-order valence-corrected chi connectivity index (χ3v) is 4.35. The molecule has 0 spiro atoms. The van der Waals surface area contributed by atoms with E-state index in [1.165, 1.54) is 0 Å². The molecular weight excluding hydrogens is 498 g/mol. The van der Waals surface area contributed by atoms with Crippen LogP contribution in [0.3, 0.4) is 0 Å². The van der Waals surface area contributed by atoms with Crippen LogP contribution in [0.2, 0.25) is 0 Å². The van der Waals surface area contributed by atoms with Gasteiger partial charge in [-0.1, -0.05) is 23.4 Å². The molecule has 0 bridgehead atoms. The van der Waals surface area contributed by atoms with Crippen LogP contribution in [0, 0.1) is 12.7 Å². The summed E-state index contributed by atoms with van der Waals surface area (Å²) in [5.41, 5.74) is 2.13. The van der Waals surface area contributed by atoms with E-state index in [2.05, 4.69) is 30.8 Å². The van der Waals surface area contributed by atoms with Crippen molar-refractivity contribution in [3.63, 3.8) is 0 Å². The lowest BCUT2D eigenvalue weighted by Gasteiger charge is -2.18. The van der Waals surface area contributed by atoms with Crippen LogP contribution in [-0.4, -0.2) is 34.2 Å². The molecule has 160 valence electrons. The van der Waals surface area contributed by atoms with Crippen molar-refractivity contribution >= 4 is 29.9 Å². The van der Waals surface area contributed by atoms with Gasteiger partial charge in [0.2, 0.25) is 0 Å². The van der Waals surface area contributed by atoms with E-state index >= 15 is 0 Å². The van der Waals surface area contributed by atoms with Crippen LogP contribution in [0.25, 0.3) is 11.6 Å². The summed E-state index contributed by atoms with van der Waals surface area (Å²) in [5.74, 6) is 1.40. The van der Waals surface area contributed by atoms with Crippen molar-refractivity contribution in [1.82, 2.24) is 25.8 Å². The maximum atomic E-state index is 13.8. The number of nitrogens with one attached hydrogen (secondary N) is 2. The van der Waals surface area contributed by atoms with E-state index in [4.69, 9.17) is 4.52 Å². The van der Waals surface area contributed by atoms with Gasteiger partial charge in [0, 0.05) is 25.7 Å². The summed E-state index contributed by atoms with van der Waals surface area (Å²) in [7, 11) is 0. The Morgan fingerprint density at radius 2 is 2.10 bits per heavy atom. The monoisotopic (exact) mass is 524 g/mol. The molecule has 1 unspecified atom stereocenters. The van der Waals surface area contributed by atoms with Crippen molar-refractivity contribution < 1.29 is 8.91 Å². The van der Waals surface area contributed by atoms with Crippen LogP contribution < -0.4 is 10.6 Å². The van der Waals surface area contributed by atoms with E-state index in [0.717, 1.165) is 5.56 Å². The smallest absolute Gasteiger partial charge is 0.276 e. The minimum atomic E-state index is -0.209. The number of nitrogens with zero attached hydrogens (tertiary/aromatic N) is 4. The highest BCUT2D eigenvalue weighted by Gasteiger charge is 2.11. The zero-order chi connectivity index (χ0) is 20.6. The highest BCUT2D eigenvalue weighted by atomic mass is 127. The van der Waals surface area contributed by atoms with Gasteiger partial charge in [-0.2, -0.15) is 4.98 Å². The molecule has 7 nitrogen and oxygen atoms in total. The second-order valence-electron chi connectivity index (χ2n) is 6.62. The highest BCUT2D eigenvalue weighted by Crippen LogP contribution is 2.16. The number of aryl methyl sites for hydroxylation is 1. The van der Waals surface area contributed by atoms with Crippen molar-refractivity contribution in [2.24, 2.45) is 4.99 Å². The van der Waals surface area contributed by atoms with E-state index in [0.29, 0.717) is 48.4 Å². The Morgan fingerprint density at radius 1 is 1.27 bits per heavy atom. The van der Waals surface area contributed by atoms with Gasteiger partial charge in [-0.25, -0.2) is 4.39 Å². The Morgan fingerprint density at radius 3 is 2.80 bits per heavy atom. The number of rotatable bonds is 7. The molecule has 0 aliphatic heterocycles. The minimum Gasteiger partial charge on any atom is -0.357 e. The van der Waals surface area contributed by atoms with Gasteiger partial charge in [0.15, 0.2) is 11.8 Å². The van der Waals surface area contributed by atoms with Crippen LogP contribution in [0.4, 0.5) is 4.39 Å². The van der Waals surface area contributed by atoms with Crippen LogP contribution in [-0.2, 0) is 6.42 Å². The van der Waals surface area contributed by atoms with Crippen LogP contribution in [0.1, 0.15) is 36.8 Å². The third-order valence-electron chi connectivity index (χ3n) is 4.35. The molecule has 9 heteroatoms. The lowest BCUT2D eigenvalue weighted by molar-refractivity contribution is 0.421. The first-order chi connectivity index (χ1) is 14.1. The summed E-state index contributed by atoms with van der Waals surface area (Å²) in [6, 6.07) is 10.7. The van der Waals surface area contributed by atoms with Crippen molar-refractivity contribution in [3.05, 3.63) is 65.4 Å². The Labute approximate surface area is 192 Å². The van der Waals surface area contributed by atoms with Gasteiger partial charge < -0.3 is 15.2 Å². The molecular formula is C21H26FIN6O.